The topological polar surface area (TPSA) is 122 Å². The molecule has 0 bridgehead atoms. The summed E-state index contributed by atoms with van der Waals surface area (Å²) in [5.41, 5.74) is 6.46. The zero-order valence-electron chi connectivity index (χ0n) is 21.6. The number of hydrogen-bond acceptors (Lipinski definition) is 8. The van der Waals surface area contributed by atoms with E-state index in [1.807, 2.05) is 25.7 Å². The Hall–Kier alpha value is -2.79. The maximum Gasteiger partial charge on any atom is 0.411 e. The molecule has 1 aromatic heterocycles. The minimum atomic E-state index is -0.623. The summed E-state index contributed by atoms with van der Waals surface area (Å²) in [7, 11) is 0. The molecule has 2 atom stereocenters. The molecule has 2 aromatic rings. The van der Waals surface area contributed by atoms with Crippen LogP contribution in [0, 0.1) is 0 Å². The largest absolute Gasteiger partial charge is 0.444 e. The number of aromatic nitrogens is 1. The SMILES string of the molecule is CC(C)(C)OC(=O)N1C[C@@H](N2CCC(c3nc4cc(C(N)=O)ccc4o3)CC2)C[C@H]1C(=O)N1CCSC1. The Morgan fingerprint density at radius 3 is 2.57 bits per heavy atom. The molecular weight excluding hydrogens is 494 g/mol. The summed E-state index contributed by atoms with van der Waals surface area (Å²) in [5, 5.41) is 0. The number of rotatable bonds is 4. The molecule has 5 rings (SSSR count). The van der Waals surface area contributed by atoms with Gasteiger partial charge in [0.25, 0.3) is 0 Å². The zero-order valence-corrected chi connectivity index (χ0v) is 22.5. The third-order valence-corrected chi connectivity index (χ3v) is 8.31. The molecule has 3 amide bonds. The van der Waals surface area contributed by atoms with E-state index in [0.29, 0.717) is 41.4 Å². The van der Waals surface area contributed by atoms with Crippen molar-refractivity contribution < 1.29 is 23.5 Å². The van der Waals surface area contributed by atoms with Crippen LogP contribution < -0.4 is 5.73 Å². The molecule has 37 heavy (non-hydrogen) atoms. The van der Waals surface area contributed by atoms with Crippen LogP contribution >= 0.6 is 11.8 Å². The third kappa shape index (κ3) is 5.57. The van der Waals surface area contributed by atoms with E-state index in [4.69, 9.17) is 14.9 Å². The number of piperidine rings is 1. The van der Waals surface area contributed by atoms with Gasteiger partial charge in [0.1, 0.15) is 17.2 Å². The minimum absolute atomic E-state index is 0.0232. The molecule has 0 saturated carbocycles. The van der Waals surface area contributed by atoms with Crippen LogP contribution in [-0.2, 0) is 9.53 Å². The first-order chi connectivity index (χ1) is 17.6. The molecular formula is C26H35N5O5S. The van der Waals surface area contributed by atoms with Gasteiger partial charge in [-0.1, -0.05) is 0 Å². The van der Waals surface area contributed by atoms with Crippen LogP contribution in [0.4, 0.5) is 4.79 Å². The Labute approximate surface area is 220 Å². The van der Waals surface area contributed by atoms with E-state index in [1.54, 1.807) is 34.9 Å². The Morgan fingerprint density at radius 2 is 1.92 bits per heavy atom. The molecule has 0 spiro atoms. The number of nitrogens with zero attached hydrogens (tertiary/aromatic N) is 4. The predicted octanol–water partition coefficient (Wildman–Crippen LogP) is 3.02. The van der Waals surface area contributed by atoms with Crippen molar-refractivity contribution in [1.29, 1.82) is 0 Å². The van der Waals surface area contributed by atoms with Crippen molar-refractivity contribution in [3.8, 4) is 0 Å². The summed E-state index contributed by atoms with van der Waals surface area (Å²) in [5.74, 6) is 1.99. The van der Waals surface area contributed by atoms with E-state index in [-0.39, 0.29) is 17.9 Å². The number of nitrogens with two attached hydrogens (primary N) is 1. The van der Waals surface area contributed by atoms with Gasteiger partial charge in [0.2, 0.25) is 11.8 Å². The lowest BCUT2D eigenvalue weighted by Gasteiger charge is -2.35. The van der Waals surface area contributed by atoms with Gasteiger partial charge in [-0.25, -0.2) is 9.78 Å². The van der Waals surface area contributed by atoms with Crippen LogP contribution in [-0.4, -0.2) is 93.1 Å². The fourth-order valence-electron chi connectivity index (χ4n) is 5.42. The lowest BCUT2D eigenvalue weighted by atomic mass is 9.95. The Morgan fingerprint density at radius 1 is 1.16 bits per heavy atom. The van der Waals surface area contributed by atoms with Gasteiger partial charge in [-0.2, -0.15) is 0 Å². The van der Waals surface area contributed by atoms with Crippen LogP contribution in [0.3, 0.4) is 0 Å². The van der Waals surface area contributed by atoms with Crippen molar-refractivity contribution in [2.75, 3.05) is 37.8 Å². The summed E-state index contributed by atoms with van der Waals surface area (Å²) >= 11 is 1.74. The van der Waals surface area contributed by atoms with Gasteiger partial charge in [0.05, 0.1) is 5.88 Å². The quantitative estimate of drug-likeness (QED) is 0.641. The molecule has 0 radical (unpaired) electrons. The molecule has 11 heteroatoms. The molecule has 3 aliphatic rings. The fourth-order valence-corrected chi connectivity index (χ4v) is 6.37. The van der Waals surface area contributed by atoms with Crippen molar-refractivity contribution in [2.24, 2.45) is 5.73 Å². The molecule has 200 valence electrons. The molecule has 3 aliphatic heterocycles. The van der Waals surface area contributed by atoms with Gasteiger partial charge in [0, 0.05) is 36.4 Å². The Balaban J connectivity index is 1.25. The number of amides is 3. The van der Waals surface area contributed by atoms with Crippen LogP contribution in [0.1, 0.15) is 62.2 Å². The average molecular weight is 530 g/mol. The van der Waals surface area contributed by atoms with Crippen molar-refractivity contribution in [3.63, 3.8) is 0 Å². The van der Waals surface area contributed by atoms with Crippen molar-refractivity contribution in [2.45, 2.75) is 63.6 Å². The van der Waals surface area contributed by atoms with E-state index in [2.05, 4.69) is 9.88 Å². The number of oxazole rings is 1. The first-order valence-corrected chi connectivity index (χ1v) is 14.0. The zero-order chi connectivity index (χ0) is 26.3. The number of carbonyl (C=O) groups is 3. The minimum Gasteiger partial charge on any atom is -0.444 e. The number of thioether (sulfide) groups is 1. The fraction of sp³-hybridized carbons (Fsp3) is 0.615. The van der Waals surface area contributed by atoms with E-state index in [1.165, 1.54) is 0 Å². The molecule has 0 unspecified atom stereocenters. The highest BCUT2D eigenvalue weighted by Gasteiger charge is 2.45. The predicted molar refractivity (Wildman–Crippen MR) is 140 cm³/mol. The summed E-state index contributed by atoms with van der Waals surface area (Å²) in [6.07, 6.45) is 1.92. The van der Waals surface area contributed by atoms with Gasteiger partial charge in [-0.3, -0.25) is 19.4 Å². The molecule has 3 fully saturated rings. The average Bonchev–Trinajstić information content (AvgIpc) is 3.61. The number of benzene rings is 1. The maximum atomic E-state index is 13.3. The summed E-state index contributed by atoms with van der Waals surface area (Å²) in [6, 6.07) is 4.66. The van der Waals surface area contributed by atoms with Gasteiger partial charge in [-0.15, -0.1) is 11.8 Å². The van der Waals surface area contributed by atoms with E-state index >= 15 is 0 Å². The van der Waals surface area contributed by atoms with Gasteiger partial charge in [-0.05, 0) is 71.3 Å². The third-order valence-electron chi connectivity index (χ3n) is 7.34. The van der Waals surface area contributed by atoms with Gasteiger partial charge >= 0.3 is 6.09 Å². The molecule has 3 saturated heterocycles. The first-order valence-electron chi connectivity index (χ1n) is 12.9. The molecule has 1 aromatic carbocycles. The van der Waals surface area contributed by atoms with Crippen LogP contribution in [0.2, 0.25) is 0 Å². The summed E-state index contributed by atoms with van der Waals surface area (Å²) in [4.78, 5) is 48.4. The number of hydrogen-bond donors (Lipinski definition) is 1. The second kappa shape index (κ2) is 10.2. The summed E-state index contributed by atoms with van der Waals surface area (Å²) in [6.45, 7) is 8.39. The standard InChI is InChI=1S/C26H35N5O5S/c1-26(2,3)36-25(34)31-14-18(13-20(31)24(33)30-10-11-37-15-30)29-8-6-16(7-9-29)23-28-19-12-17(22(27)32)4-5-21(19)35-23/h4-5,12,16,18,20H,6-11,13-15H2,1-3H3,(H2,27,32)/t18-,20-/m0/s1. The van der Waals surface area contributed by atoms with Crippen molar-refractivity contribution in [1.82, 2.24) is 19.7 Å². The van der Waals surface area contributed by atoms with Crippen LogP contribution in [0.5, 0.6) is 0 Å². The van der Waals surface area contributed by atoms with Crippen LogP contribution in [0.15, 0.2) is 22.6 Å². The highest BCUT2D eigenvalue weighted by atomic mass is 32.2. The Bertz CT molecular complexity index is 1180. The maximum absolute atomic E-state index is 13.3. The Kier molecular flexibility index (Phi) is 7.10. The van der Waals surface area contributed by atoms with Crippen molar-refractivity contribution >= 4 is 40.8 Å². The van der Waals surface area contributed by atoms with Crippen molar-refractivity contribution in [3.05, 3.63) is 29.7 Å². The molecule has 0 aliphatic carbocycles. The number of primary amides is 1. The highest BCUT2D eigenvalue weighted by Crippen LogP contribution is 2.34. The lowest BCUT2D eigenvalue weighted by Crippen LogP contribution is -2.48. The molecule has 4 heterocycles. The van der Waals surface area contributed by atoms with E-state index in [9.17, 15) is 14.4 Å². The smallest absolute Gasteiger partial charge is 0.411 e. The number of fused-ring (bicyclic) bond motifs is 1. The number of carbonyl (C=O) groups excluding carboxylic acids is 3. The van der Waals surface area contributed by atoms with E-state index in [0.717, 1.165) is 38.2 Å². The second-order valence-electron chi connectivity index (χ2n) is 11.1. The second-order valence-corrected chi connectivity index (χ2v) is 12.2. The van der Waals surface area contributed by atoms with Gasteiger partial charge in [0.15, 0.2) is 11.5 Å². The molecule has 2 N–H and O–H groups in total. The van der Waals surface area contributed by atoms with Crippen LogP contribution in [0.25, 0.3) is 11.1 Å². The number of likely N-dealkylation sites (tertiary alicyclic amines) is 2. The van der Waals surface area contributed by atoms with E-state index < -0.39 is 23.6 Å². The number of ether oxygens (including phenoxy) is 1. The lowest BCUT2D eigenvalue weighted by molar-refractivity contribution is -0.134. The molecule has 10 nitrogen and oxygen atoms in total. The normalized spacial score (nSPS) is 23.6. The highest BCUT2D eigenvalue weighted by molar-refractivity contribution is 7.99. The first kappa shape index (κ1) is 25.8. The monoisotopic (exact) mass is 529 g/mol. The van der Waals surface area contributed by atoms with Gasteiger partial charge < -0.3 is 19.8 Å². The summed E-state index contributed by atoms with van der Waals surface area (Å²) < 4.78 is 11.7.